The number of hydrogen-bond donors (Lipinski definition) is 2. The molecule has 0 amide bonds. The maximum atomic E-state index is 5.60. The predicted molar refractivity (Wildman–Crippen MR) is 45.3 cm³/mol. The van der Waals surface area contributed by atoms with Crippen molar-refractivity contribution in [2.45, 2.75) is 20.3 Å². The average Bonchev–Trinajstić information content (AvgIpc) is 1.87. The molecule has 0 bridgehead atoms. The van der Waals surface area contributed by atoms with E-state index in [1.54, 1.807) is 6.92 Å². The topological polar surface area (TPSA) is 52.0 Å². The fourth-order valence-corrected chi connectivity index (χ4v) is 0.511. The second-order valence-corrected chi connectivity index (χ2v) is 2.67. The molecule has 0 radical (unpaired) electrons. The fourth-order valence-electron chi connectivity index (χ4n) is 0.444. The van der Waals surface area contributed by atoms with E-state index < -0.39 is 0 Å². The summed E-state index contributed by atoms with van der Waals surface area (Å²) < 4.78 is 0. The number of hydrogen-bond acceptors (Lipinski definition) is 2. The summed E-state index contributed by atoms with van der Waals surface area (Å²) in [6.07, 6.45) is 2.37. The summed E-state index contributed by atoms with van der Waals surface area (Å²) in [6, 6.07) is 0. The molecule has 0 atom stereocenters. The van der Waals surface area contributed by atoms with Crippen molar-refractivity contribution in [1.29, 1.82) is 0 Å². The Labute approximate surface area is 66.5 Å². The number of allylic oxidation sites excluding steroid dienone is 2. The third-order valence-corrected chi connectivity index (χ3v) is 1.45. The monoisotopic (exact) mass is 160 g/mol. The summed E-state index contributed by atoms with van der Waals surface area (Å²) in [5.41, 5.74) is 12.4. The van der Waals surface area contributed by atoms with Crippen molar-refractivity contribution in [3.05, 3.63) is 22.5 Å². The summed E-state index contributed by atoms with van der Waals surface area (Å²) in [7, 11) is 0. The van der Waals surface area contributed by atoms with E-state index in [2.05, 4.69) is 0 Å². The SMILES string of the molecule is C/C=C(/N)C/C(N)=C(/C)Cl. The van der Waals surface area contributed by atoms with Crippen molar-refractivity contribution >= 4 is 11.6 Å². The molecule has 0 aliphatic carbocycles. The lowest BCUT2D eigenvalue weighted by molar-refractivity contribution is 1.04. The highest BCUT2D eigenvalue weighted by Gasteiger charge is 1.95. The summed E-state index contributed by atoms with van der Waals surface area (Å²) in [5.74, 6) is 0. The molecule has 0 rings (SSSR count). The van der Waals surface area contributed by atoms with Gasteiger partial charge in [0.25, 0.3) is 0 Å². The standard InChI is InChI=1S/C7H13ClN2/c1-3-6(9)4-7(10)5(2)8/h3H,4,9-10H2,1-2H3/b6-3+,7-5+. The van der Waals surface area contributed by atoms with Crippen LogP contribution < -0.4 is 11.5 Å². The molecule has 10 heavy (non-hydrogen) atoms. The van der Waals surface area contributed by atoms with E-state index in [0.29, 0.717) is 17.2 Å². The van der Waals surface area contributed by atoms with Gasteiger partial charge in [-0.15, -0.1) is 0 Å². The lowest BCUT2D eigenvalue weighted by atomic mass is 10.2. The number of halogens is 1. The third-order valence-electron chi connectivity index (χ3n) is 1.21. The van der Waals surface area contributed by atoms with Gasteiger partial charge in [0, 0.05) is 22.8 Å². The van der Waals surface area contributed by atoms with E-state index in [1.165, 1.54) is 0 Å². The highest BCUT2D eigenvalue weighted by molar-refractivity contribution is 6.29. The first-order valence-electron chi connectivity index (χ1n) is 3.09. The molecule has 0 aliphatic heterocycles. The van der Waals surface area contributed by atoms with Gasteiger partial charge in [-0.05, 0) is 13.8 Å². The Hall–Kier alpha value is -0.630. The zero-order valence-electron chi connectivity index (χ0n) is 6.32. The Morgan fingerprint density at radius 2 is 2.00 bits per heavy atom. The molecule has 0 spiro atoms. The lowest BCUT2D eigenvalue weighted by Crippen LogP contribution is -2.05. The Balaban J connectivity index is 4.05. The lowest BCUT2D eigenvalue weighted by Gasteiger charge is -2.01. The molecule has 0 heterocycles. The van der Waals surface area contributed by atoms with Crippen LogP contribution in [0.5, 0.6) is 0 Å². The molecule has 4 N–H and O–H groups in total. The molecule has 58 valence electrons. The first-order valence-corrected chi connectivity index (χ1v) is 3.47. The van der Waals surface area contributed by atoms with E-state index in [4.69, 9.17) is 23.1 Å². The van der Waals surface area contributed by atoms with Crippen LogP contribution in [0.1, 0.15) is 20.3 Å². The minimum absolute atomic E-state index is 0.561. The largest absolute Gasteiger partial charge is 0.402 e. The van der Waals surface area contributed by atoms with Gasteiger partial charge >= 0.3 is 0 Å². The molecular weight excluding hydrogens is 148 g/mol. The third kappa shape index (κ3) is 3.41. The molecule has 0 aromatic rings. The van der Waals surface area contributed by atoms with Gasteiger partial charge in [-0.3, -0.25) is 0 Å². The van der Waals surface area contributed by atoms with Crippen molar-refractivity contribution in [2.24, 2.45) is 11.5 Å². The van der Waals surface area contributed by atoms with Crippen LogP contribution in [0.4, 0.5) is 0 Å². The summed E-state index contributed by atoms with van der Waals surface area (Å²) in [4.78, 5) is 0. The van der Waals surface area contributed by atoms with E-state index in [0.717, 1.165) is 5.70 Å². The van der Waals surface area contributed by atoms with Crippen LogP contribution in [-0.4, -0.2) is 0 Å². The smallest absolute Gasteiger partial charge is 0.0341 e. The summed E-state index contributed by atoms with van der Waals surface area (Å²) in [5, 5.41) is 0.616. The van der Waals surface area contributed by atoms with Crippen LogP contribution in [0.25, 0.3) is 0 Å². The van der Waals surface area contributed by atoms with E-state index in [1.807, 2.05) is 13.0 Å². The molecule has 0 aliphatic rings. The molecular formula is C7H13ClN2. The van der Waals surface area contributed by atoms with Crippen LogP contribution >= 0.6 is 11.6 Å². The maximum absolute atomic E-state index is 5.60. The Bertz CT molecular complexity index is 166. The van der Waals surface area contributed by atoms with E-state index in [-0.39, 0.29) is 0 Å². The van der Waals surface area contributed by atoms with Crippen molar-refractivity contribution < 1.29 is 0 Å². The van der Waals surface area contributed by atoms with Crippen LogP contribution in [0.2, 0.25) is 0 Å². The highest BCUT2D eigenvalue weighted by Crippen LogP contribution is 2.09. The summed E-state index contributed by atoms with van der Waals surface area (Å²) >= 11 is 5.60. The zero-order valence-corrected chi connectivity index (χ0v) is 7.07. The average molecular weight is 161 g/mol. The molecule has 0 unspecified atom stereocenters. The molecule has 0 saturated carbocycles. The summed E-state index contributed by atoms with van der Waals surface area (Å²) in [6.45, 7) is 3.62. The quantitative estimate of drug-likeness (QED) is 0.646. The molecule has 0 aromatic carbocycles. The minimum atomic E-state index is 0.561. The van der Waals surface area contributed by atoms with Crippen molar-refractivity contribution in [2.75, 3.05) is 0 Å². The predicted octanol–water partition coefficient (Wildman–Crippen LogP) is 1.67. The normalized spacial score (nSPS) is 14.9. The van der Waals surface area contributed by atoms with Crippen LogP contribution in [0, 0.1) is 0 Å². The van der Waals surface area contributed by atoms with Gasteiger partial charge in [-0.1, -0.05) is 17.7 Å². The number of nitrogens with two attached hydrogens (primary N) is 2. The number of rotatable bonds is 2. The Morgan fingerprint density at radius 3 is 2.30 bits per heavy atom. The van der Waals surface area contributed by atoms with Crippen molar-refractivity contribution in [3.63, 3.8) is 0 Å². The second-order valence-electron chi connectivity index (χ2n) is 2.10. The molecule has 0 aromatic heterocycles. The fraction of sp³-hybridized carbons (Fsp3) is 0.429. The van der Waals surface area contributed by atoms with Gasteiger partial charge < -0.3 is 11.5 Å². The molecule has 0 saturated heterocycles. The zero-order chi connectivity index (χ0) is 8.15. The second kappa shape index (κ2) is 4.23. The van der Waals surface area contributed by atoms with Gasteiger partial charge in [0.2, 0.25) is 0 Å². The first-order chi connectivity index (χ1) is 4.57. The first kappa shape index (κ1) is 9.37. The van der Waals surface area contributed by atoms with Gasteiger partial charge in [-0.2, -0.15) is 0 Å². The van der Waals surface area contributed by atoms with E-state index >= 15 is 0 Å². The van der Waals surface area contributed by atoms with Crippen LogP contribution in [-0.2, 0) is 0 Å². The van der Waals surface area contributed by atoms with Gasteiger partial charge in [0.15, 0.2) is 0 Å². The van der Waals surface area contributed by atoms with Crippen molar-refractivity contribution in [3.8, 4) is 0 Å². The van der Waals surface area contributed by atoms with E-state index in [9.17, 15) is 0 Å². The minimum Gasteiger partial charge on any atom is -0.402 e. The Kier molecular flexibility index (Phi) is 3.96. The van der Waals surface area contributed by atoms with Gasteiger partial charge in [-0.25, -0.2) is 0 Å². The maximum Gasteiger partial charge on any atom is 0.0341 e. The highest BCUT2D eigenvalue weighted by atomic mass is 35.5. The Morgan fingerprint density at radius 1 is 1.50 bits per heavy atom. The molecule has 3 heteroatoms. The molecule has 2 nitrogen and oxygen atoms in total. The van der Waals surface area contributed by atoms with Gasteiger partial charge in [0.1, 0.15) is 0 Å². The van der Waals surface area contributed by atoms with Crippen LogP contribution in [0.3, 0.4) is 0 Å². The van der Waals surface area contributed by atoms with Gasteiger partial charge in [0.05, 0.1) is 0 Å². The molecule has 0 fully saturated rings. The van der Waals surface area contributed by atoms with Crippen molar-refractivity contribution in [1.82, 2.24) is 0 Å². The van der Waals surface area contributed by atoms with Crippen LogP contribution in [0.15, 0.2) is 22.5 Å².